The van der Waals surface area contributed by atoms with Crippen LogP contribution in [0.15, 0.2) is 36.4 Å². The number of anilines is 2. The van der Waals surface area contributed by atoms with E-state index in [1.807, 2.05) is 0 Å². The Hall–Kier alpha value is -2.73. The number of carbonyl (C=O) groups excluding carboxylic acids is 2. The van der Waals surface area contributed by atoms with E-state index in [-0.39, 0.29) is 17.7 Å². The van der Waals surface area contributed by atoms with E-state index >= 15 is 0 Å². The fraction of sp³-hybridized carbons (Fsp3) is 0.364. The molecule has 154 valence electrons. The average molecular weight is 417 g/mol. The zero-order valence-electron chi connectivity index (χ0n) is 16.6. The van der Waals surface area contributed by atoms with Crippen molar-refractivity contribution in [2.24, 2.45) is 5.92 Å². The van der Waals surface area contributed by atoms with Gasteiger partial charge in [-0.2, -0.15) is 0 Å². The normalized spacial score (nSPS) is 14.2. The minimum absolute atomic E-state index is 0.0111. The molecule has 0 unspecified atom stereocenters. The first-order chi connectivity index (χ1) is 14.0. The Morgan fingerprint density at radius 1 is 0.897 bits per heavy atom. The molecule has 1 fully saturated rings. The van der Waals surface area contributed by atoms with E-state index in [0.29, 0.717) is 33.5 Å². The van der Waals surface area contributed by atoms with Gasteiger partial charge in [0.25, 0.3) is 5.91 Å². The standard InChI is InChI=1S/C22H25ClN2O4/c1-28-19-13-18(25-22(27)15-8-10-16(23)11-9-15)20(29-2)12-17(19)24-21(26)14-6-4-3-5-7-14/h8-14H,3-7H2,1-2H3,(H,24,26)(H,25,27). The van der Waals surface area contributed by atoms with Gasteiger partial charge in [-0.3, -0.25) is 9.59 Å². The molecule has 2 aromatic rings. The van der Waals surface area contributed by atoms with Gasteiger partial charge in [0.2, 0.25) is 5.91 Å². The Balaban J connectivity index is 1.80. The third-order valence-electron chi connectivity index (χ3n) is 5.11. The highest BCUT2D eigenvalue weighted by atomic mass is 35.5. The third kappa shape index (κ3) is 5.21. The van der Waals surface area contributed by atoms with Crippen LogP contribution >= 0.6 is 11.6 Å². The van der Waals surface area contributed by atoms with Gasteiger partial charge in [-0.15, -0.1) is 0 Å². The van der Waals surface area contributed by atoms with Crippen molar-refractivity contribution in [1.29, 1.82) is 0 Å². The van der Waals surface area contributed by atoms with E-state index in [4.69, 9.17) is 21.1 Å². The van der Waals surface area contributed by atoms with E-state index in [1.54, 1.807) is 36.4 Å². The maximum atomic E-state index is 12.6. The largest absolute Gasteiger partial charge is 0.494 e. The molecule has 2 aromatic carbocycles. The Morgan fingerprint density at radius 2 is 1.45 bits per heavy atom. The molecule has 2 amide bonds. The number of nitrogens with one attached hydrogen (secondary N) is 2. The molecule has 0 radical (unpaired) electrons. The lowest BCUT2D eigenvalue weighted by Gasteiger charge is -2.22. The van der Waals surface area contributed by atoms with E-state index in [9.17, 15) is 9.59 Å². The van der Waals surface area contributed by atoms with Crippen molar-refractivity contribution in [2.75, 3.05) is 24.9 Å². The molecule has 0 bridgehead atoms. The predicted molar refractivity (Wildman–Crippen MR) is 114 cm³/mol. The van der Waals surface area contributed by atoms with Gasteiger partial charge in [0.05, 0.1) is 25.6 Å². The number of benzene rings is 2. The quantitative estimate of drug-likeness (QED) is 0.684. The maximum absolute atomic E-state index is 12.6. The van der Waals surface area contributed by atoms with Gasteiger partial charge in [-0.05, 0) is 37.1 Å². The molecule has 1 aliphatic rings. The summed E-state index contributed by atoms with van der Waals surface area (Å²) in [5.41, 5.74) is 1.43. The van der Waals surface area contributed by atoms with Crippen molar-refractivity contribution < 1.29 is 19.1 Å². The lowest BCUT2D eigenvalue weighted by molar-refractivity contribution is -0.120. The van der Waals surface area contributed by atoms with Crippen LogP contribution < -0.4 is 20.1 Å². The van der Waals surface area contributed by atoms with Gasteiger partial charge in [0, 0.05) is 28.6 Å². The monoisotopic (exact) mass is 416 g/mol. The van der Waals surface area contributed by atoms with Crippen LogP contribution in [0.1, 0.15) is 42.5 Å². The molecule has 29 heavy (non-hydrogen) atoms. The van der Waals surface area contributed by atoms with Gasteiger partial charge in [0.15, 0.2) is 0 Å². The van der Waals surface area contributed by atoms with Crippen molar-refractivity contribution in [3.8, 4) is 11.5 Å². The smallest absolute Gasteiger partial charge is 0.255 e. The summed E-state index contributed by atoms with van der Waals surface area (Å²) in [5.74, 6) is 0.571. The lowest BCUT2D eigenvalue weighted by Crippen LogP contribution is -2.25. The summed E-state index contributed by atoms with van der Waals surface area (Å²) in [6.45, 7) is 0. The zero-order valence-corrected chi connectivity index (χ0v) is 17.3. The Labute approximate surface area is 175 Å². The molecule has 0 atom stereocenters. The van der Waals surface area contributed by atoms with E-state index in [0.717, 1.165) is 25.7 Å². The topological polar surface area (TPSA) is 76.7 Å². The number of methoxy groups -OCH3 is 2. The highest BCUT2D eigenvalue weighted by Crippen LogP contribution is 2.37. The van der Waals surface area contributed by atoms with Crippen LogP contribution in [0.4, 0.5) is 11.4 Å². The maximum Gasteiger partial charge on any atom is 0.255 e. The number of amides is 2. The molecule has 0 saturated heterocycles. The first-order valence-corrected chi connectivity index (χ1v) is 10.0. The SMILES string of the molecule is COc1cc(NC(=O)C2CCCCC2)c(OC)cc1NC(=O)c1ccc(Cl)cc1. The minimum atomic E-state index is -0.305. The van der Waals surface area contributed by atoms with Crippen molar-refractivity contribution in [2.45, 2.75) is 32.1 Å². The second-order valence-corrected chi connectivity index (χ2v) is 7.47. The summed E-state index contributed by atoms with van der Waals surface area (Å²) in [6.07, 6.45) is 5.15. The summed E-state index contributed by atoms with van der Waals surface area (Å²) in [4.78, 5) is 25.2. The minimum Gasteiger partial charge on any atom is -0.494 e. The Kier molecular flexibility index (Phi) is 6.99. The molecule has 1 aliphatic carbocycles. The van der Waals surface area contributed by atoms with E-state index in [1.165, 1.54) is 20.6 Å². The molecule has 7 heteroatoms. The van der Waals surface area contributed by atoms with Gasteiger partial charge < -0.3 is 20.1 Å². The Bertz CT molecular complexity index is 877. The van der Waals surface area contributed by atoms with Crippen LogP contribution in [0.25, 0.3) is 0 Å². The average Bonchev–Trinajstić information content (AvgIpc) is 2.75. The molecule has 0 spiro atoms. The van der Waals surface area contributed by atoms with Crippen LogP contribution in [0.2, 0.25) is 5.02 Å². The summed E-state index contributed by atoms with van der Waals surface area (Å²) in [7, 11) is 3.02. The van der Waals surface area contributed by atoms with Crippen LogP contribution in [-0.4, -0.2) is 26.0 Å². The van der Waals surface area contributed by atoms with Crippen LogP contribution in [0.3, 0.4) is 0 Å². The number of carbonyl (C=O) groups is 2. The molecule has 0 aromatic heterocycles. The second-order valence-electron chi connectivity index (χ2n) is 7.04. The fourth-order valence-electron chi connectivity index (χ4n) is 3.49. The van der Waals surface area contributed by atoms with E-state index < -0.39 is 0 Å². The molecular formula is C22H25ClN2O4. The number of rotatable bonds is 6. The molecule has 0 heterocycles. The van der Waals surface area contributed by atoms with Crippen molar-refractivity contribution in [1.82, 2.24) is 0 Å². The first-order valence-electron chi connectivity index (χ1n) is 9.65. The van der Waals surface area contributed by atoms with Gasteiger partial charge in [0.1, 0.15) is 11.5 Å². The number of hydrogen-bond donors (Lipinski definition) is 2. The predicted octanol–water partition coefficient (Wildman–Crippen LogP) is 5.13. The molecule has 2 N–H and O–H groups in total. The summed E-state index contributed by atoms with van der Waals surface area (Å²) in [5, 5.41) is 6.32. The Morgan fingerprint density at radius 3 is 2.00 bits per heavy atom. The number of halogens is 1. The van der Waals surface area contributed by atoms with Crippen molar-refractivity contribution in [3.63, 3.8) is 0 Å². The van der Waals surface area contributed by atoms with Crippen molar-refractivity contribution in [3.05, 3.63) is 47.0 Å². The number of ether oxygens (including phenoxy) is 2. The van der Waals surface area contributed by atoms with Crippen LogP contribution in [0.5, 0.6) is 11.5 Å². The van der Waals surface area contributed by atoms with Crippen molar-refractivity contribution >= 4 is 34.8 Å². The molecule has 1 saturated carbocycles. The molecule has 3 rings (SSSR count). The van der Waals surface area contributed by atoms with Gasteiger partial charge >= 0.3 is 0 Å². The molecular weight excluding hydrogens is 392 g/mol. The first kappa shape index (κ1) is 21.0. The number of hydrogen-bond acceptors (Lipinski definition) is 4. The van der Waals surface area contributed by atoms with Gasteiger partial charge in [-0.25, -0.2) is 0 Å². The van der Waals surface area contributed by atoms with E-state index in [2.05, 4.69) is 10.6 Å². The molecule has 0 aliphatic heterocycles. The van der Waals surface area contributed by atoms with Crippen LogP contribution in [0, 0.1) is 5.92 Å². The zero-order chi connectivity index (χ0) is 20.8. The third-order valence-corrected chi connectivity index (χ3v) is 5.36. The van der Waals surface area contributed by atoms with Crippen LogP contribution in [-0.2, 0) is 4.79 Å². The summed E-state index contributed by atoms with van der Waals surface area (Å²) < 4.78 is 10.9. The summed E-state index contributed by atoms with van der Waals surface area (Å²) in [6, 6.07) is 9.89. The second kappa shape index (κ2) is 9.65. The highest BCUT2D eigenvalue weighted by molar-refractivity contribution is 6.30. The lowest BCUT2D eigenvalue weighted by atomic mass is 9.88. The molecule has 6 nitrogen and oxygen atoms in total. The highest BCUT2D eigenvalue weighted by Gasteiger charge is 2.23. The summed E-state index contributed by atoms with van der Waals surface area (Å²) >= 11 is 5.88. The van der Waals surface area contributed by atoms with Gasteiger partial charge in [-0.1, -0.05) is 30.9 Å². The fourth-order valence-corrected chi connectivity index (χ4v) is 3.61.